The number of hydroxylamine groups is 1. The highest BCUT2D eigenvalue weighted by Gasteiger charge is 2.21. The number of fused-ring (bicyclic) bond motifs is 2. The minimum Gasteiger partial charge on any atom is -0.378 e. The summed E-state index contributed by atoms with van der Waals surface area (Å²) in [7, 11) is 0. The maximum atomic E-state index is 11.5. The average molecular weight is 516 g/mol. The highest BCUT2D eigenvalue weighted by Crippen LogP contribution is 2.35. The van der Waals surface area contributed by atoms with Crippen LogP contribution in [0.15, 0.2) is 54.7 Å². The molecule has 4 heterocycles. The molecule has 1 aliphatic rings. The monoisotopic (exact) mass is 515 g/mol. The average Bonchev–Trinajstić information content (AvgIpc) is 3.60. The first-order chi connectivity index (χ1) is 18.2. The minimum atomic E-state index is -0.523. The Morgan fingerprint density at radius 1 is 1.11 bits per heavy atom. The summed E-state index contributed by atoms with van der Waals surface area (Å²) in [6, 6.07) is 15.3. The number of benzene rings is 2. The Labute approximate surface area is 216 Å². The summed E-state index contributed by atoms with van der Waals surface area (Å²) < 4.78 is 6.65. The predicted molar refractivity (Wildman–Crippen MR) is 142 cm³/mol. The number of nitrogens with one attached hydrogen (secondary N) is 3. The molecule has 0 spiro atoms. The van der Waals surface area contributed by atoms with Gasteiger partial charge in [-0.05, 0) is 29.8 Å². The molecule has 1 aliphatic heterocycles. The van der Waals surface area contributed by atoms with Crippen LogP contribution in [-0.2, 0) is 17.8 Å². The number of hydrogen-bond donors (Lipinski definition) is 4. The van der Waals surface area contributed by atoms with Gasteiger partial charge in [-0.1, -0.05) is 24.3 Å². The Morgan fingerprint density at radius 3 is 2.76 bits per heavy atom. The number of aromatic amines is 1. The van der Waals surface area contributed by atoms with Crippen molar-refractivity contribution in [1.82, 2.24) is 31.0 Å². The highest BCUT2D eigenvalue weighted by molar-refractivity contribution is 7.19. The smallest absolute Gasteiger partial charge is 0.274 e. The molecule has 2 aromatic carbocycles. The molecule has 0 atom stereocenters. The standard InChI is InChI=1S/C26H25N7O3S/c34-26(32-35)17-6-4-16(5-7-17)13-27-14-18-12-22-23(37-18)25(33-8-10-36-11-9-33)30-24(29-22)19-2-1-3-21-20(19)15-28-31-21/h1-7,12,15,27,35H,8-11,13-14H2,(H,28,31)(H,32,34). The Bertz CT molecular complexity index is 1560. The van der Waals surface area contributed by atoms with Crippen LogP contribution in [0.3, 0.4) is 0 Å². The van der Waals surface area contributed by atoms with Gasteiger partial charge in [0.2, 0.25) is 0 Å². The van der Waals surface area contributed by atoms with Gasteiger partial charge in [0, 0.05) is 47.6 Å². The molecule has 37 heavy (non-hydrogen) atoms. The Hall–Kier alpha value is -3.90. The number of aromatic nitrogens is 4. The van der Waals surface area contributed by atoms with Crippen molar-refractivity contribution in [2.24, 2.45) is 0 Å². The van der Waals surface area contributed by atoms with E-state index in [1.54, 1.807) is 28.9 Å². The molecule has 1 amide bonds. The van der Waals surface area contributed by atoms with Gasteiger partial charge in [-0.15, -0.1) is 11.3 Å². The second-order valence-corrected chi connectivity index (χ2v) is 9.91. The van der Waals surface area contributed by atoms with Crippen LogP contribution >= 0.6 is 11.3 Å². The highest BCUT2D eigenvalue weighted by atomic mass is 32.1. The fraction of sp³-hybridized carbons (Fsp3) is 0.231. The Morgan fingerprint density at radius 2 is 1.95 bits per heavy atom. The third kappa shape index (κ3) is 4.77. The summed E-state index contributed by atoms with van der Waals surface area (Å²) in [4.78, 5) is 25.0. The molecule has 5 aromatic rings. The summed E-state index contributed by atoms with van der Waals surface area (Å²) >= 11 is 1.70. The van der Waals surface area contributed by atoms with E-state index in [1.807, 2.05) is 36.5 Å². The fourth-order valence-electron chi connectivity index (χ4n) is 4.49. The van der Waals surface area contributed by atoms with Gasteiger partial charge in [0.15, 0.2) is 11.6 Å². The summed E-state index contributed by atoms with van der Waals surface area (Å²) in [5.74, 6) is 1.11. The molecule has 188 valence electrons. The molecule has 1 saturated heterocycles. The molecule has 0 radical (unpaired) electrons. The van der Waals surface area contributed by atoms with Crippen molar-refractivity contribution in [2.75, 3.05) is 31.2 Å². The molecular formula is C26H25N7O3S. The second kappa shape index (κ2) is 10.2. The zero-order valence-corrected chi connectivity index (χ0v) is 20.7. The number of carbonyl (C=O) groups is 1. The van der Waals surface area contributed by atoms with Gasteiger partial charge in [-0.2, -0.15) is 5.10 Å². The molecule has 4 N–H and O–H groups in total. The molecule has 1 fully saturated rings. The Balaban J connectivity index is 1.28. The fourth-order valence-corrected chi connectivity index (χ4v) is 5.58. The zero-order chi connectivity index (χ0) is 25.2. The van der Waals surface area contributed by atoms with E-state index in [0.717, 1.165) is 56.0 Å². The van der Waals surface area contributed by atoms with Crippen molar-refractivity contribution >= 4 is 44.2 Å². The lowest BCUT2D eigenvalue weighted by Gasteiger charge is -2.28. The molecule has 0 aliphatic carbocycles. The number of morpholine rings is 1. The first-order valence-electron chi connectivity index (χ1n) is 12.0. The largest absolute Gasteiger partial charge is 0.378 e. The van der Waals surface area contributed by atoms with Crippen molar-refractivity contribution in [3.05, 3.63) is 70.7 Å². The topological polar surface area (TPSA) is 128 Å². The maximum Gasteiger partial charge on any atom is 0.274 e. The predicted octanol–water partition coefficient (Wildman–Crippen LogP) is 3.48. The van der Waals surface area contributed by atoms with Crippen LogP contribution in [0.25, 0.3) is 32.5 Å². The van der Waals surface area contributed by atoms with Gasteiger partial charge in [0.05, 0.1) is 35.1 Å². The number of rotatable bonds is 7. The molecule has 10 nitrogen and oxygen atoms in total. The van der Waals surface area contributed by atoms with E-state index in [2.05, 4.69) is 26.5 Å². The van der Waals surface area contributed by atoms with E-state index in [9.17, 15) is 4.79 Å². The first-order valence-corrected chi connectivity index (χ1v) is 12.8. The summed E-state index contributed by atoms with van der Waals surface area (Å²) in [5.41, 5.74) is 5.93. The van der Waals surface area contributed by atoms with E-state index in [1.165, 1.54) is 0 Å². The third-order valence-corrected chi connectivity index (χ3v) is 7.51. The van der Waals surface area contributed by atoms with Gasteiger partial charge >= 0.3 is 0 Å². The number of thiophene rings is 1. The normalized spacial score (nSPS) is 13.9. The van der Waals surface area contributed by atoms with Crippen LogP contribution in [-0.4, -0.2) is 57.6 Å². The van der Waals surface area contributed by atoms with Crippen molar-refractivity contribution in [1.29, 1.82) is 0 Å². The summed E-state index contributed by atoms with van der Waals surface area (Å²) in [5, 5.41) is 20.5. The van der Waals surface area contributed by atoms with Crippen molar-refractivity contribution in [3.8, 4) is 11.4 Å². The summed E-state index contributed by atoms with van der Waals surface area (Å²) in [6.07, 6.45) is 1.82. The Kier molecular flexibility index (Phi) is 6.49. The number of amides is 1. The number of H-pyrrole nitrogens is 1. The van der Waals surface area contributed by atoms with Crippen LogP contribution in [0.1, 0.15) is 20.8 Å². The van der Waals surface area contributed by atoms with Crippen molar-refractivity contribution in [3.63, 3.8) is 0 Å². The lowest BCUT2D eigenvalue weighted by atomic mass is 10.1. The lowest BCUT2D eigenvalue weighted by Crippen LogP contribution is -2.36. The number of nitrogens with zero attached hydrogens (tertiary/aromatic N) is 4. The van der Waals surface area contributed by atoms with Crippen molar-refractivity contribution in [2.45, 2.75) is 13.1 Å². The number of anilines is 1. The molecule has 11 heteroatoms. The molecule has 3 aromatic heterocycles. The molecule has 0 saturated carbocycles. The third-order valence-electron chi connectivity index (χ3n) is 6.39. The number of hydrogen-bond acceptors (Lipinski definition) is 9. The van der Waals surface area contributed by atoms with Crippen LogP contribution in [0.4, 0.5) is 5.82 Å². The van der Waals surface area contributed by atoms with Crippen LogP contribution in [0.5, 0.6) is 0 Å². The van der Waals surface area contributed by atoms with Crippen LogP contribution in [0.2, 0.25) is 0 Å². The van der Waals surface area contributed by atoms with Crippen LogP contribution < -0.4 is 15.7 Å². The van der Waals surface area contributed by atoms with Gasteiger partial charge in [-0.3, -0.25) is 15.1 Å². The number of carbonyl (C=O) groups excluding carboxylic acids is 1. The molecule has 6 rings (SSSR count). The molecule has 0 unspecified atom stereocenters. The SMILES string of the molecule is O=C(NO)c1ccc(CNCc2cc3nc(-c4cccc5[nH]ncc45)nc(N4CCOCC4)c3s2)cc1. The minimum absolute atomic E-state index is 0.409. The van der Waals surface area contributed by atoms with Gasteiger partial charge in [-0.25, -0.2) is 15.4 Å². The van der Waals surface area contributed by atoms with Gasteiger partial charge < -0.3 is 15.0 Å². The second-order valence-electron chi connectivity index (χ2n) is 8.78. The van der Waals surface area contributed by atoms with E-state index < -0.39 is 5.91 Å². The van der Waals surface area contributed by atoms with Gasteiger partial charge in [0.1, 0.15) is 0 Å². The van der Waals surface area contributed by atoms with E-state index in [-0.39, 0.29) is 0 Å². The van der Waals surface area contributed by atoms with E-state index in [0.29, 0.717) is 37.7 Å². The first kappa shape index (κ1) is 23.5. The summed E-state index contributed by atoms with van der Waals surface area (Å²) in [6.45, 7) is 4.25. The van der Waals surface area contributed by atoms with Crippen LogP contribution in [0, 0.1) is 0 Å². The lowest BCUT2D eigenvalue weighted by molar-refractivity contribution is 0.0706. The van der Waals surface area contributed by atoms with E-state index >= 15 is 0 Å². The van der Waals surface area contributed by atoms with Crippen molar-refractivity contribution < 1.29 is 14.7 Å². The molecular weight excluding hydrogens is 490 g/mol. The number of ether oxygens (including phenoxy) is 1. The molecule has 0 bridgehead atoms. The zero-order valence-electron chi connectivity index (χ0n) is 19.9. The van der Waals surface area contributed by atoms with Gasteiger partial charge in [0.25, 0.3) is 5.91 Å². The maximum absolute atomic E-state index is 11.5. The quantitative estimate of drug-likeness (QED) is 0.192. The van der Waals surface area contributed by atoms with E-state index in [4.69, 9.17) is 19.9 Å².